The van der Waals surface area contributed by atoms with Crippen LogP contribution in [0.2, 0.25) is 0 Å². The minimum absolute atomic E-state index is 0. The van der Waals surface area contributed by atoms with Crippen LogP contribution in [0.15, 0.2) is 0 Å². The molecular weight excluding hydrogens is 7130 g/mol. The van der Waals surface area contributed by atoms with E-state index in [1.807, 2.05) is 0 Å². The maximum absolute atomic E-state index is 0. The van der Waals surface area contributed by atoms with Crippen LogP contribution in [0.25, 0.3) is 0 Å². The molecule has 0 aromatic rings. The predicted octanol–water partition coefficient (Wildman–Crippen LogP) is -110. The van der Waals surface area contributed by atoms with E-state index in [0.29, 0.717) is 0 Å². The number of rotatable bonds is 0. The van der Waals surface area contributed by atoms with Gasteiger partial charge in [-0.2, -0.15) is 0 Å². The molecule has 0 heterocycles. The van der Waals surface area contributed by atoms with Gasteiger partial charge in [-0.15, -0.1) is 0 Å². The normalized spacial score (nSPS) is 0. The van der Waals surface area contributed by atoms with Gasteiger partial charge in [-0.1, -0.05) is 0 Å². The van der Waals surface area contributed by atoms with Crippen LogP contribution in [0.1, 0.15) is 0 Å². The Morgan fingerprint density at radius 2 is 0.0200 bits per heavy atom. The van der Waals surface area contributed by atoms with Gasteiger partial charge < -0.3 is 0 Å². The molecule has 0 aliphatic carbocycles. The Labute approximate surface area is 1940 Å². The molecular formula is H279Ga93Nb7. The van der Waals surface area contributed by atoms with Crippen molar-refractivity contribution in [2.75, 3.05) is 0 Å². The first-order chi connectivity index (χ1) is 0. The molecule has 0 bridgehead atoms. The van der Waals surface area contributed by atoms with E-state index in [1.54, 1.807) is 0 Å². The summed E-state index contributed by atoms with van der Waals surface area (Å²) >= 11 is 0. The van der Waals surface area contributed by atoms with Crippen LogP contribution in [0, 0.1) is 0 Å². The Kier molecular flexibility index (Phi) is 11000. The van der Waals surface area contributed by atoms with Crippen molar-refractivity contribution in [2.45, 2.75) is 0 Å². The topological polar surface area (TPSA) is 0 Å². The summed E-state index contributed by atoms with van der Waals surface area (Å²) in [6, 6.07) is 0. The minimum atomic E-state index is 0. The van der Waals surface area contributed by atoms with Gasteiger partial charge in [0.2, 0.25) is 0 Å². The van der Waals surface area contributed by atoms with Gasteiger partial charge >= 0.3 is 1840 Å². The first kappa shape index (κ1) is 1060. The Balaban J connectivity index is 0. The van der Waals surface area contributed by atoms with Crippen LogP contribution in [0.3, 0.4) is 0 Å². The van der Waals surface area contributed by atoms with Gasteiger partial charge in [-0.05, 0) is 0 Å². The minimum Gasteiger partial charge on any atom is 0 e. The summed E-state index contributed by atoms with van der Waals surface area (Å²) in [5.74, 6) is 0. The van der Waals surface area contributed by atoms with Crippen molar-refractivity contribution in [1.29, 1.82) is 0 Å². The van der Waals surface area contributed by atoms with Crippen molar-refractivity contribution >= 4 is 1840 Å². The smallest absolute Gasteiger partial charge is 0 e. The Morgan fingerprint density at radius 3 is 0.0200 bits per heavy atom. The zero-order valence-electron chi connectivity index (χ0n) is 3.13. The van der Waals surface area contributed by atoms with Crippen LogP contribution >= 0.6 is 0 Å². The van der Waals surface area contributed by atoms with Crippen LogP contribution in [-0.4, -0.2) is 1840 Å². The Bertz CT molecular complexity index is 36.6. The Hall–Kier alpha value is 64.4. The second kappa shape index (κ2) is 1040. The molecule has 593 valence electrons. The monoisotopic (exact) mass is 7340 g/mol. The summed E-state index contributed by atoms with van der Waals surface area (Å²) < 4.78 is 0. The zero-order valence-corrected chi connectivity index (χ0v) is 18.5. The van der Waals surface area contributed by atoms with Crippen molar-refractivity contribution in [1.82, 2.24) is 0 Å². The second-order valence-corrected chi connectivity index (χ2v) is 0. The molecule has 0 N–H and O–H groups in total. The molecule has 0 saturated heterocycles. The summed E-state index contributed by atoms with van der Waals surface area (Å²) in [5, 5.41) is 0. The third-order valence-electron chi connectivity index (χ3n) is 0. The first-order valence-corrected chi connectivity index (χ1v) is 0. The average molecular weight is 7420 g/mol. The van der Waals surface area contributed by atoms with Gasteiger partial charge in [-0.25, -0.2) is 0 Å². The van der Waals surface area contributed by atoms with E-state index >= 15 is 0 Å². The molecule has 100 heteroatoms. The second-order valence-electron chi connectivity index (χ2n) is 0. The van der Waals surface area contributed by atoms with Crippen molar-refractivity contribution in [2.24, 2.45) is 0 Å². The summed E-state index contributed by atoms with van der Waals surface area (Å²) in [7, 11) is 0. The van der Waals surface area contributed by atoms with Gasteiger partial charge in [-0.3, -0.25) is 0 Å². The molecule has 0 aliphatic heterocycles. The van der Waals surface area contributed by atoms with E-state index in [2.05, 4.69) is 0 Å². The average Bonchev–Trinajstić information content (AvgIpc) is 0. The molecule has 0 aliphatic rings. The van der Waals surface area contributed by atoms with E-state index < -0.39 is 0 Å². The number of hydrogen-bond acceptors (Lipinski definition) is 0. The van der Waals surface area contributed by atoms with E-state index in [0.717, 1.165) is 0 Å². The first-order valence-electron chi connectivity index (χ1n) is 0. The van der Waals surface area contributed by atoms with Crippen LogP contribution < -0.4 is 0 Å². The SMILES string of the molecule is [GaH3].[GaH3].[GaH3].[GaH3].[GaH3].[GaH3].[GaH3].[GaH3].[GaH3].[GaH3].[GaH3].[GaH3].[GaH3].[GaH3].[GaH3].[GaH3].[GaH3].[GaH3].[GaH3].[GaH3].[GaH3].[GaH3].[GaH3].[GaH3].[GaH3].[GaH3].[GaH3].[GaH3].[GaH3].[GaH3].[GaH3].[GaH3].[GaH3].[GaH3].[GaH3].[GaH3].[GaH3].[GaH3].[GaH3].[GaH3].[GaH3].[GaH3].[GaH3].[GaH3].[GaH3].[GaH3].[GaH3].[GaH3].[GaH3].[GaH3].[GaH3].[GaH3].[GaH3].[GaH3].[GaH3].[GaH3].[GaH3].[GaH3].[GaH3].[GaH3].[GaH3].[GaH3].[GaH3].[GaH3].[GaH3].[GaH3].[GaH3].[GaH3].[GaH3].[GaH3].[GaH3].[GaH3].[GaH3].[GaH3].[GaH3].[GaH3].[GaH3].[GaH3].[GaH3].[GaH3].[GaH3].[GaH3].[GaH3].[GaH3].[GaH3].[GaH3].[GaH3].[GaH3].[GaH3].[GaH3].[GaH3].[GaH3].[GaH3].[Nb].[Nb].[Nb].[Nb].[Nb].[Nb].[Nb]. The van der Waals surface area contributed by atoms with E-state index in [-0.39, 0.29) is 2000 Å². The summed E-state index contributed by atoms with van der Waals surface area (Å²) in [4.78, 5) is 0. The molecule has 0 unspecified atom stereocenters. The molecule has 0 spiro atoms. The van der Waals surface area contributed by atoms with Gasteiger partial charge in [0.05, 0.1) is 0 Å². The molecule has 0 nitrogen and oxygen atoms in total. The van der Waals surface area contributed by atoms with Crippen molar-refractivity contribution < 1.29 is 157 Å². The molecule has 100 heavy (non-hydrogen) atoms. The third kappa shape index (κ3) is 1020. The molecule has 0 atom stereocenters. The summed E-state index contributed by atoms with van der Waals surface area (Å²) in [5.41, 5.74) is 0. The molecule has 0 aromatic heterocycles. The molecule has 0 amide bonds. The van der Waals surface area contributed by atoms with Crippen molar-refractivity contribution in [3.05, 3.63) is 0 Å². The van der Waals surface area contributed by atoms with Crippen molar-refractivity contribution in [3.8, 4) is 0 Å². The molecule has 0 rings (SSSR count). The largest absolute Gasteiger partial charge is 0 e. The predicted molar refractivity (Wildman–Crippen MR) is 924 cm³/mol. The summed E-state index contributed by atoms with van der Waals surface area (Å²) in [6.45, 7) is 0. The van der Waals surface area contributed by atoms with Crippen molar-refractivity contribution in [3.63, 3.8) is 0 Å². The van der Waals surface area contributed by atoms with Gasteiger partial charge in [0.15, 0.2) is 0 Å². The van der Waals surface area contributed by atoms with Gasteiger partial charge in [0, 0.05) is 157 Å². The van der Waals surface area contributed by atoms with Crippen LogP contribution in [0.4, 0.5) is 0 Å². The maximum atomic E-state index is 0. The fourth-order valence-electron chi connectivity index (χ4n) is 0. The number of hydrogen-bond donors (Lipinski definition) is 0. The third-order valence-corrected chi connectivity index (χ3v) is 0. The van der Waals surface area contributed by atoms with Gasteiger partial charge in [0.25, 0.3) is 0 Å². The van der Waals surface area contributed by atoms with E-state index in [4.69, 9.17) is 0 Å². The van der Waals surface area contributed by atoms with Crippen LogP contribution in [-0.2, 0) is 157 Å². The summed E-state index contributed by atoms with van der Waals surface area (Å²) in [6.07, 6.45) is 0. The fourth-order valence-corrected chi connectivity index (χ4v) is 0. The molecule has 7 radical (unpaired) electrons. The Morgan fingerprint density at radius 1 is 0.0200 bits per heavy atom. The van der Waals surface area contributed by atoms with Crippen LogP contribution in [0.5, 0.6) is 0 Å². The van der Waals surface area contributed by atoms with E-state index in [9.17, 15) is 0 Å². The molecule has 0 fully saturated rings. The fraction of sp³-hybridized carbons (Fsp3) is 0. The standard InChI is InChI=1S/93Ga.7Nb.279H. The molecule has 0 saturated carbocycles. The quantitative estimate of drug-likeness (QED) is 0.212. The zero-order chi connectivity index (χ0) is 0. The molecule has 0 aromatic carbocycles. The van der Waals surface area contributed by atoms with E-state index in [1.165, 1.54) is 0 Å². The maximum Gasteiger partial charge on any atom is 0 e. The van der Waals surface area contributed by atoms with Gasteiger partial charge in [0.1, 0.15) is 0 Å².